The Bertz CT molecular complexity index is 934. The molecule has 0 fully saturated rings. The van der Waals surface area contributed by atoms with Gasteiger partial charge in [-0.15, -0.1) is 0 Å². The molecule has 9 heteroatoms. The second-order valence-corrected chi connectivity index (χ2v) is 9.90. The number of amides is 1. The van der Waals surface area contributed by atoms with Crippen LogP contribution in [0.4, 0.5) is 5.69 Å². The number of ether oxygens (including phenoxy) is 1. The maximum absolute atomic E-state index is 12.3. The summed E-state index contributed by atoms with van der Waals surface area (Å²) in [4.78, 5) is 12.3. The van der Waals surface area contributed by atoms with Crippen LogP contribution in [0.15, 0.2) is 42.5 Å². The van der Waals surface area contributed by atoms with Gasteiger partial charge in [0.25, 0.3) is 0 Å². The van der Waals surface area contributed by atoms with Crippen molar-refractivity contribution in [2.24, 2.45) is 0 Å². The van der Waals surface area contributed by atoms with E-state index in [1.54, 1.807) is 23.9 Å². The zero-order valence-corrected chi connectivity index (χ0v) is 19.0. The molecule has 0 aliphatic heterocycles. The lowest BCUT2D eigenvalue weighted by atomic mass is 10.2. The molecule has 2 aromatic carbocycles. The second-order valence-electron chi connectivity index (χ2n) is 6.48. The first-order valence-electron chi connectivity index (χ1n) is 8.92. The maximum Gasteiger partial charge on any atom is 0.240 e. The van der Waals surface area contributed by atoms with Gasteiger partial charge in [0.1, 0.15) is 12.3 Å². The topological polar surface area (TPSA) is 75.7 Å². The summed E-state index contributed by atoms with van der Waals surface area (Å²) in [6, 6.07) is 12.9. The van der Waals surface area contributed by atoms with Crippen molar-refractivity contribution in [1.29, 1.82) is 0 Å². The number of nitrogens with one attached hydrogen (secondary N) is 1. The molecule has 1 amide bonds. The number of sulfonamides is 1. The summed E-state index contributed by atoms with van der Waals surface area (Å²) >= 11 is 7.79. The van der Waals surface area contributed by atoms with Crippen LogP contribution in [0.25, 0.3) is 0 Å². The van der Waals surface area contributed by atoms with Crippen molar-refractivity contribution in [1.82, 2.24) is 5.32 Å². The zero-order chi connectivity index (χ0) is 21.4. The highest BCUT2D eigenvalue weighted by molar-refractivity contribution is 7.98. The number of nitrogens with zero attached hydrogens (tertiary/aromatic N) is 1. The number of halogens is 1. The lowest BCUT2D eigenvalue weighted by molar-refractivity contribution is -0.119. The summed E-state index contributed by atoms with van der Waals surface area (Å²) in [5.74, 6) is 1.64. The van der Waals surface area contributed by atoms with Crippen LogP contribution in [0.3, 0.4) is 0 Å². The van der Waals surface area contributed by atoms with Gasteiger partial charge in [-0.2, -0.15) is 11.8 Å². The minimum Gasteiger partial charge on any atom is -0.495 e. The molecule has 0 atom stereocenters. The normalized spacial score (nSPS) is 11.2. The summed E-state index contributed by atoms with van der Waals surface area (Å²) in [5.41, 5.74) is 2.76. The Labute approximate surface area is 181 Å². The smallest absolute Gasteiger partial charge is 0.240 e. The minimum atomic E-state index is -3.66. The molecule has 2 aromatic rings. The van der Waals surface area contributed by atoms with E-state index in [1.807, 2.05) is 6.92 Å². The lowest BCUT2D eigenvalue weighted by Crippen LogP contribution is -2.41. The van der Waals surface area contributed by atoms with Crippen LogP contribution >= 0.6 is 23.4 Å². The molecule has 158 valence electrons. The largest absolute Gasteiger partial charge is 0.495 e. The van der Waals surface area contributed by atoms with E-state index < -0.39 is 10.0 Å². The van der Waals surface area contributed by atoms with Crippen molar-refractivity contribution in [3.05, 3.63) is 58.6 Å². The van der Waals surface area contributed by atoms with Gasteiger partial charge in [-0.25, -0.2) is 8.42 Å². The number of thioether (sulfide) groups is 1. The molecule has 0 radical (unpaired) electrons. The van der Waals surface area contributed by atoms with Crippen molar-refractivity contribution < 1.29 is 17.9 Å². The van der Waals surface area contributed by atoms with E-state index in [0.717, 1.165) is 22.1 Å². The van der Waals surface area contributed by atoms with Crippen molar-refractivity contribution in [3.63, 3.8) is 0 Å². The summed E-state index contributed by atoms with van der Waals surface area (Å²) in [6.45, 7) is 2.19. The molecule has 0 aliphatic carbocycles. The molecule has 0 heterocycles. The first-order valence-corrected chi connectivity index (χ1v) is 12.3. The fourth-order valence-electron chi connectivity index (χ4n) is 2.53. The van der Waals surface area contributed by atoms with Crippen LogP contribution < -0.4 is 14.4 Å². The quantitative estimate of drug-likeness (QED) is 0.554. The fraction of sp³-hybridized carbons (Fsp3) is 0.350. The number of hydrogen-bond acceptors (Lipinski definition) is 5. The maximum atomic E-state index is 12.3. The molecule has 0 unspecified atom stereocenters. The molecule has 0 saturated heterocycles. The van der Waals surface area contributed by atoms with E-state index in [9.17, 15) is 13.2 Å². The number of carbonyl (C=O) groups is 1. The number of rotatable bonds is 10. The SMILES string of the molecule is COc1ccc(N(CC(=O)NCCSCc2ccc(C)cc2)S(C)(=O)=O)cc1Cl. The van der Waals surface area contributed by atoms with Gasteiger partial charge in [0, 0.05) is 18.1 Å². The highest BCUT2D eigenvalue weighted by Gasteiger charge is 2.21. The van der Waals surface area contributed by atoms with Crippen LogP contribution in [0.1, 0.15) is 11.1 Å². The third-order valence-electron chi connectivity index (χ3n) is 4.07. The Hall–Kier alpha value is -1.90. The van der Waals surface area contributed by atoms with Crippen molar-refractivity contribution >= 4 is 45.0 Å². The van der Waals surface area contributed by atoms with Gasteiger partial charge in [-0.1, -0.05) is 41.4 Å². The van der Waals surface area contributed by atoms with Crippen molar-refractivity contribution in [2.45, 2.75) is 12.7 Å². The number of benzene rings is 2. The molecule has 0 saturated carbocycles. The monoisotopic (exact) mass is 456 g/mol. The molecule has 0 aliphatic rings. The summed E-state index contributed by atoms with van der Waals surface area (Å²) < 4.78 is 30.4. The number of aryl methyl sites for hydroxylation is 1. The lowest BCUT2D eigenvalue weighted by Gasteiger charge is -2.22. The minimum absolute atomic E-state index is 0.270. The number of hydrogen-bond donors (Lipinski definition) is 1. The van der Waals surface area contributed by atoms with Crippen LogP contribution in [0.2, 0.25) is 5.02 Å². The Morgan fingerprint density at radius 1 is 1.21 bits per heavy atom. The van der Waals surface area contributed by atoms with Gasteiger partial charge in [-0.3, -0.25) is 9.10 Å². The summed E-state index contributed by atoms with van der Waals surface area (Å²) in [7, 11) is -2.18. The first-order chi connectivity index (χ1) is 13.7. The van der Waals surface area contributed by atoms with Crippen LogP contribution in [0, 0.1) is 6.92 Å². The summed E-state index contributed by atoms with van der Waals surface area (Å²) in [5, 5.41) is 3.03. The van der Waals surface area contributed by atoms with Crippen molar-refractivity contribution in [3.8, 4) is 5.75 Å². The average Bonchev–Trinajstić information content (AvgIpc) is 2.66. The third-order valence-corrected chi connectivity index (χ3v) is 6.54. The fourth-order valence-corrected chi connectivity index (χ4v) is 4.45. The Kier molecular flexibility index (Phi) is 8.67. The standard InChI is InChI=1S/C20H25ClN2O4S2/c1-15-4-6-16(7-5-15)14-28-11-10-22-20(24)13-23(29(3,25)26)17-8-9-19(27-2)18(21)12-17/h4-9,12H,10-11,13-14H2,1-3H3,(H,22,24). The van der Waals surface area contributed by atoms with Gasteiger partial charge in [0.2, 0.25) is 15.9 Å². The van der Waals surface area contributed by atoms with E-state index in [2.05, 4.69) is 29.6 Å². The van der Waals surface area contributed by atoms with Crippen LogP contribution in [-0.4, -0.2) is 46.5 Å². The predicted molar refractivity (Wildman–Crippen MR) is 121 cm³/mol. The van der Waals surface area contributed by atoms with Crippen LogP contribution in [-0.2, 0) is 20.6 Å². The Morgan fingerprint density at radius 2 is 1.90 bits per heavy atom. The molecule has 0 bridgehead atoms. The average molecular weight is 457 g/mol. The molecule has 0 aromatic heterocycles. The highest BCUT2D eigenvalue weighted by atomic mass is 35.5. The summed E-state index contributed by atoms with van der Waals surface area (Å²) in [6.07, 6.45) is 1.05. The van der Waals surface area contributed by atoms with Gasteiger partial charge in [-0.05, 0) is 30.7 Å². The Morgan fingerprint density at radius 3 is 2.48 bits per heavy atom. The first kappa shape index (κ1) is 23.4. The van der Waals surface area contributed by atoms with E-state index in [0.29, 0.717) is 18.0 Å². The second kappa shape index (κ2) is 10.8. The molecule has 29 heavy (non-hydrogen) atoms. The molecule has 2 rings (SSSR count). The van der Waals surface area contributed by atoms with E-state index >= 15 is 0 Å². The van der Waals surface area contributed by atoms with Gasteiger partial charge in [0.05, 0.1) is 24.1 Å². The van der Waals surface area contributed by atoms with Gasteiger partial charge < -0.3 is 10.1 Å². The number of anilines is 1. The molecule has 1 N–H and O–H groups in total. The molecule has 6 nitrogen and oxygen atoms in total. The predicted octanol–water partition coefficient (Wildman–Crippen LogP) is 3.47. The zero-order valence-electron chi connectivity index (χ0n) is 16.6. The highest BCUT2D eigenvalue weighted by Crippen LogP contribution is 2.30. The molecular formula is C20H25ClN2O4S2. The van der Waals surface area contributed by atoms with E-state index in [-0.39, 0.29) is 17.5 Å². The van der Waals surface area contributed by atoms with Gasteiger partial charge in [0.15, 0.2) is 0 Å². The molecular weight excluding hydrogens is 432 g/mol. The third kappa shape index (κ3) is 7.45. The number of methoxy groups -OCH3 is 1. The van der Waals surface area contributed by atoms with Gasteiger partial charge >= 0.3 is 0 Å². The van der Waals surface area contributed by atoms with Crippen molar-refractivity contribution in [2.75, 3.05) is 36.5 Å². The van der Waals surface area contributed by atoms with E-state index in [1.165, 1.54) is 24.3 Å². The van der Waals surface area contributed by atoms with E-state index in [4.69, 9.17) is 16.3 Å². The Balaban J connectivity index is 1.87. The number of carbonyl (C=O) groups excluding carboxylic acids is 1. The van der Waals surface area contributed by atoms with Crippen LogP contribution in [0.5, 0.6) is 5.75 Å². The molecule has 0 spiro atoms.